The summed E-state index contributed by atoms with van der Waals surface area (Å²) in [5, 5.41) is 3.84. The number of carbonyl (C=O) groups excluding carboxylic acids is 2. The fourth-order valence-corrected chi connectivity index (χ4v) is 4.88. The number of fused-ring (bicyclic) bond motifs is 1. The van der Waals surface area contributed by atoms with Crippen LogP contribution in [0.15, 0.2) is 29.4 Å². The Hall–Kier alpha value is -2.02. The number of likely N-dealkylation sites (N-methyl/N-ethyl adjacent to an activating group) is 1. The zero-order valence-electron chi connectivity index (χ0n) is 16.4. The second-order valence-electron chi connectivity index (χ2n) is 7.93. The number of benzene rings is 1. The minimum atomic E-state index is -0.0715. The number of nitrogens with zero attached hydrogens (tertiary/aromatic N) is 3. The molecule has 4 rings (SSSR count). The van der Waals surface area contributed by atoms with Gasteiger partial charge in [0.25, 0.3) is 0 Å². The largest absolute Gasteiger partial charge is 0.352 e. The van der Waals surface area contributed by atoms with Gasteiger partial charge in [-0.05, 0) is 37.8 Å². The van der Waals surface area contributed by atoms with Crippen LogP contribution in [0.25, 0.3) is 11.0 Å². The van der Waals surface area contributed by atoms with Crippen LogP contribution >= 0.6 is 11.8 Å². The summed E-state index contributed by atoms with van der Waals surface area (Å²) < 4.78 is 2.34. The van der Waals surface area contributed by atoms with Gasteiger partial charge in [-0.15, -0.1) is 0 Å². The summed E-state index contributed by atoms with van der Waals surface area (Å²) in [6.45, 7) is 0.120. The van der Waals surface area contributed by atoms with E-state index < -0.39 is 0 Å². The Kier molecular flexibility index (Phi) is 5.90. The van der Waals surface area contributed by atoms with Crippen LogP contribution in [-0.4, -0.2) is 51.7 Å². The van der Waals surface area contributed by atoms with Gasteiger partial charge in [-0.2, -0.15) is 0 Å². The first-order valence-corrected chi connectivity index (χ1v) is 11.2. The zero-order chi connectivity index (χ0) is 19.5. The smallest absolute Gasteiger partial charge is 0.239 e. The van der Waals surface area contributed by atoms with Gasteiger partial charge in [0.2, 0.25) is 11.8 Å². The molecule has 0 atom stereocenters. The van der Waals surface area contributed by atoms with Crippen molar-refractivity contribution >= 4 is 34.6 Å². The molecule has 2 fully saturated rings. The number of hydrogen-bond acceptors (Lipinski definition) is 4. The molecule has 0 unspecified atom stereocenters. The van der Waals surface area contributed by atoms with Crippen molar-refractivity contribution in [3.63, 3.8) is 0 Å². The van der Waals surface area contributed by atoms with Gasteiger partial charge in [-0.3, -0.25) is 9.59 Å². The van der Waals surface area contributed by atoms with Crippen LogP contribution in [0.1, 0.15) is 51.0 Å². The fourth-order valence-electron chi connectivity index (χ4n) is 3.86. The first-order chi connectivity index (χ1) is 13.6. The third kappa shape index (κ3) is 4.51. The van der Waals surface area contributed by atoms with Crippen molar-refractivity contribution in [3.8, 4) is 0 Å². The number of rotatable bonds is 7. The van der Waals surface area contributed by atoms with Crippen molar-refractivity contribution < 1.29 is 9.59 Å². The van der Waals surface area contributed by atoms with Gasteiger partial charge in [0.15, 0.2) is 5.16 Å². The molecule has 150 valence electrons. The third-order valence-corrected chi connectivity index (χ3v) is 6.51. The van der Waals surface area contributed by atoms with Crippen molar-refractivity contribution in [1.29, 1.82) is 0 Å². The molecule has 0 saturated heterocycles. The number of carbonyl (C=O) groups is 2. The summed E-state index contributed by atoms with van der Waals surface area (Å²) >= 11 is 1.49. The third-order valence-electron chi connectivity index (χ3n) is 5.58. The van der Waals surface area contributed by atoms with E-state index in [1.54, 1.807) is 7.05 Å². The van der Waals surface area contributed by atoms with Crippen LogP contribution in [0.3, 0.4) is 0 Å². The first kappa shape index (κ1) is 19.3. The molecule has 2 aromatic rings. The number of thioether (sulfide) groups is 1. The van der Waals surface area contributed by atoms with E-state index in [0.29, 0.717) is 17.8 Å². The highest BCUT2D eigenvalue weighted by molar-refractivity contribution is 7.99. The second kappa shape index (κ2) is 8.55. The maximum atomic E-state index is 12.5. The first-order valence-electron chi connectivity index (χ1n) is 10.2. The molecule has 1 aromatic heterocycles. The molecule has 7 heteroatoms. The molecule has 1 aromatic carbocycles. The number of para-hydroxylation sites is 2. The number of aromatic nitrogens is 2. The van der Waals surface area contributed by atoms with E-state index in [2.05, 4.69) is 22.0 Å². The predicted octanol–water partition coefficient (Wildman–Crippen LogP) is 3.37. The molecule has 0 spiro atoms. The van der Waals surface area contributed by atoms with E-state index in [1.165, 1.54) is 48.8 Å². The summed E-state index contributed by atoms with van der Waals surface area (Å²) in [7, 11) is 1.69. The van der Waals surface area contributed by atoms with Gasteiger partial charge in [-0.25, -0.2) is 4.98 Å². The van der Waals surface area contributed by atoms with E-state index in [1.807, 2.05) is 12.1 Å². The predicted molar refractivity (Wildman–Crippen MR) is 111 cm³/mol. The Bertz CT molecular complexity index is 855. The molecule has 0 aliphatic heterocycles. The molecule has 0 bridgehead atoms. The topological polar surface area (TPSA) is 67.2 Å². The quantitative estimate of drug-likeness (QED) is 0.724. The van der Waals surface area contributed by atoms with Crippen LogP contribution in [0.4, 0.5) is 0 Å². The molecule has 2 aliphatic carbocycles. The molecule has 28 heavy (non-hydrogen) atoms. The van der Waals surface area contributed by atoms with Crippen molar-refractivity contribution in [3.05, 3.63) is 24.3 Å². The van der Waals surface area contributed by atoms with Gasteiger partial charge in [0.1, 0.15) is 0 Å². The number of imidazole rings is 1. The number of hydrogen-bond donors (Lipinski definition) is 1. The van der Waals surface area contributed by atoms with Gasteiger partial charge >= 0.3 is 0 Å². The van der Waals surface area contributed by atoms with Gasteiger partial charge in [0, 0.05) is 19.1 Å². The number of nitrogens with one attached hydrogen (secondary N) is 1. The summed E-state index contributed by atoms with van der Waals surface area (Å²) in [5.74, 6) is 0.180. The maximum absolute atomic E-state index is 12.5. The lowest BCUT2D eigenvalue weighted by atomic mass is 9.95. The summed E-state index contributed by atoms with van der Waals surface area (Å²) in [6.07, 6.45) is 8.25. The number of amides is 2. The Morgan fingerprint density at radius 1 is 1.18 bits per heavy atom. The van der Waals surface area contributed by atoms with Gasteiger partial charge in [-0.1, -0.05) is 43.2 Å². The van der Waals surface area contributed by atoms with E-state index in [-0.39, 0.29) is 18.4 Å². The van der Waals surface area contributed by atoms with E-state index in [9.17, 15) is 9.59 Å². The highest BCUT2D eigenvalue weighted by Gasteiger charge is 2.25. The zero-order valence-corrected chi connectivity index (χ0v) is 17.2. The molecule has 6 nitrogen and oxygen atoms in total. The van der Waals surface area contributed by atoms with Crippen LogP contribution in [-0.2, 0) is 9.59 Å². The summed E-state index contributed by atoms with van der Waals surface area (Å²) in [5.41, 5.74) is 2.14. The Morgan fingerprint density at radius 3 is 2.68 bits per heavy atom. The van der Waals surface area contributed by atoms with Crippen molar-refractivity contribution in [2.45, 2.75) is 62.2 Å². The molecule has 1 N–H and O–H groups in total. The second-order valence-corrected chi connectivity index (χ2v) is 8.87. The highest BCUT2D eigenvalue weighted by Crippen LogP contribution is 2.35. The lowest BCUT2D eigenvalue weighted by molar-refractivity contribution is -0.132. The SMILES string of the molecule is CN(CC(=O)NC1CC1)C(=O)CSc1nc2ccccc2n1C1CCCCC1. The Labute approximate surface area is 170 Å². The minimum Gasteiger partial charge on any atom is -0.352 e. The average Bonchev–Trinajstić information content (AvgIpc) is 3.43. The standard InChI is InChI=1S/C21H28N4O2S/c1-24(13-19(26)22-15-11-12-15)20(27)14-28-21-23-17-9-5-6-10-18(17)25(21)16-7-3-2-4-8-16/h5-6,9-10,15-16H,2-4,7-8,11-14H2,1H3,(H,22,26). The minimum absolute atomic E-state index is 0.0433. The molecule has 0 radical (unpaired) electrons. The molecule has 1 heterocycles. The van der Waals surface area contributed by atoms with Crippen LogP contribution < -0.4 is 5.32 Å². The molecule has 2 saturated carbocycles. The highest BCUT2D eigenvalue weighted by atomic mass is 32.2. The van der Waals surface area contributed by atoms with Gasteiger partial charge in [0.05, 0.1) is 23.3 Å². The van der Waals surface area contributed by atoms with Crippen LogP contribution in [0.2, 0.25) is 0 Å². The Morgan fingerprint density at radius 2 is 1.93 bits per heavy atom. The van der Waals surface area contributed by atoms with Crippen molar-refractivity contribution in [2.24, 2.45) is 0 Å². The molecule has 2 amide bonds. The molecular formula is C21H28N4O2S. The Balaban J connectivity index is 1.43. The normalized spacial score (nSPS) is 17.6. The fraction of sp³-hybridized carbons (Fsp3) is 0.571. The van der Waals surface area contributed by atoms with Crippen LogP contribution in [0.5, 0.6) is 0 Å². The van der Waals surface area contributed by atoms with E-state index in [4.69, 9.17) is 4.98 Å². The van der Waals surface area contributed by atoms with Crippen LogP contribution in [0, 0.1) is 0 Å². The lowest BCUT2D eigenvalue weighted by Crippen LogP contribution is -2.39. The average molecular weight is 401 g/mol. The summed E-state index contributed by atoms with van der Waals surface area (Å²) in [4.78, 5) is 30.8. The lowest BCUT2D eigenvalue weighted by Gasteiger charge is -2.25. The molecule has 2 aliphatic rings. The van der Waals surface area contributed by atoms with E-state index in [0.717, 1.165) is 29.0 Å². The van der Waals surface area contributed by atoms with E-state index >= 15 is 0 Å². The maximum Gasteiger partial charge on any atom is 0.239 e. The van der Waals surface area contributed by atoms with Crippen molar-refractivity contribution in [1.82, 2.24) is 19.8 Å². The monoisotopic (exact) mass is 400 g/mol. The van der Waals surface area contributed by atoms with Gasteiger partial charge < -0.3 is 14.8 Å². The van der Waals surface area contributed by atoms with Crippen molar-refractivity contribution in [2.75, 3.05) is 19.3 Å². The molecular weight excluding hydrogens is 372 g/mol. The summed E-state index contributed by atoms with van der Waals surface area (Å²) in [6, 6.07) is 9.00.